The molecule has 40 heavy (non-hydrogen) atoms. The Hall–Kier alpha value is -3.56. The highest BCUT2D eigenvalue weighted by molar-refractivity contribution is 7.92. The van der Waals surface area contributed by atoms with Gasteiger partial charge in [0, 0.05) is 24.0 Å². The minimum Gasteiger partial charge on any atom is -0.495 e. The van der Waals surface area contributed by atoms with Crippen LogP contribution in [-0.4, -0.2) is 57.1 Å². The van der Waals surface area contributed by atoms with Gasteiger partial charge < -0.3 is 15.0 Å². The van der Waals surface area contributed by atoms with Gasteiger partial charge in [0.25, 0.3) is 0 Å². The minimum absolute atomic E-state index is 0.00740. The molecule has 0 unspecified atom stereocenters. The van der Waals surface area contributed by atoms with E-state index in [9.17, 15) is 18.0 Å². The number of nitrogens with zero attached hydrogens (tertiary/aromatic N) is 2. The minimum atomic E-state index is -3.91. The third-order valence-corrected chi connectivity index (χ3v) is 8.10. The first-order valence-corrected chi connectivity index (χ1v) is 15.3. The predicted molar refractivity (Wildman–Crippen MR) is 159 cm³/mol. The summed E-state index contributed by atoms with van der Waals surface area (Å²) < 4.78 is 32.3. The number of hydrogen-bond donors (Lipinski definition) is 1. The van der Waals surface area contributed by atoms with Gasteiger partial charge >= 0.3 is 0 Å². The average Bonchev–Trinajstić information content (AvgIpc) is 2.94. The number of anilines is 1. The summed E-state index contributed by atoms with van der Waals surface area (Å²) in [7, 11) is -2.48. The van der Waals surface area contributed by atoms with Crippen LogP contribution in [-0.2, 0) is 32.6 Å². The van der Waals surface area contributed by atoms with E-state index >= 15 is 0 Å². The van der Waals surface area contributed by atoms with Crippen LogP contribution in [0, 0.1) is 0 Å². The van der Waals surface area contributed by atoms with Crippen molar-refractivity contribution < 1.29 is 22.7 Å². The predicted octanol–water partition coefficient (Wildman–Crippen LogP) is 4.67. The van der Waals surface area contributed by atoms with Crippen LogP contribution in [0.1, 0.15) is 31.4 Å². The molecule has 3 aromatic rings. The van der Waals surface area contributed by atoms with E-state index in [2.05, 4.69) is 5.32 Å². The second kappa shape index (κ2) is 14.2. The number of amides is 2. The van der Waals surface area contributed by atoms with E-state index < -0.39 is 28.5 Å². The van der Waals surface area contributed by atoms with E-state index in [0.29, 0.717) is 22.8 Å². The summed E-state index contributed by atoms with van der Waals surface area (Å²) in [5.74, 6) is -0.591. The van der Waals surface area contributed by atoms with Gasteiger partial charge in [-0.2, -0.15) is 0 Å². The molecule has 0 saturated carbocycles. The summed E-state index contributed by atoms with van der Waals surface area (Å²) >= 11 is 6.48. The SMILES string of the molecule is CC[C@H](C)NC(=O)[C@H](Cc1ccccc1)N(Cc1ccccc1Cl)C(=O)CN(c1ccccc1OC)S(C)(=O)=O. The molecule has 1 N–H and O–H groups in total. The second-order valence-electron chi connectivity index (χ2n) is 9.58. The number of hydrogen-bond acceptors (Lipinski definition) is 5. The zero-order valence-corrected chi connectivity index (χ0v) is 24.8. The maximum Gasteiger partial charge on any atom is 0.244 e. The number of ether oxygens (including phenoxy) is 1. The largest absolute Gasteiger partial charge is 0.495 e. The Morgan fingerprint density at radius 1 is 0.975 bits per heavy atom. The van der Waals surface area contributed by atoms with Crippen molar-refractivity contribution in [1.82, 2.24) is 10.2 Å². The van der Waals surface area contributed by atoms with Crippen molar-refractivity contribution in [2.24, 2.45) is 0 Å². The number of nitrogens with one attached hydrogen (secondary N) is 1. The highest BCUT2D eigenvalue weighted by Gasteiger charge is 2.34. The van der Waals surface area contributed by atoms with Gasteiger partial charge in [0.1, 0.15) is 18.3 Å². The van der Waals surface area contributed by atoms with Crippen molar-refractivity contribution in [3.05, 3.63) is 95.0 Å². The molecule has 0 spiro atoms. The van der Waals surface area contributed by atoms with Crippen molar-refractivity contribution in [2.75, 3.05) is 24.2 Å². The van der Waals surface area contributed by atoms with Gasteiger partial charge in [-0.05, 0) is 42.7 Å². The fourth-order valence-corrected chi connectivity index (χ4v) is 5.28. The first-order valence-electron chi connectivity index (χ1n) is 13.0. The van der Waals surface area contributed by atoms with Crippen molar-refractivity contribution in [2.45, 2.75) is 45.3 Å². The van der Waals surface area contributed by atoms with Crippen molar-refractivity contribution >= 4 is 39.1 Å². The quantitative estimate of drug-likeness (QED) is 0.314. The summed E-state index contributed by atoms with van der Waals surface area (Å²) in [5.41, 5.74) is 1.71. The first kappa shape index (κ1) is 31.0. The molecule has 8 nitrogen and oxygen atoms in total. The molecule has 0 bridgehead atoms. The summed E-state index contributed by atoms with van der Waals surface area (Å²) in [6.07, 6.45) is 1.97. The number of rotatable bonds is 13. The van der Waals surface area contributed by atoms with Crippen molar-refractivity contribution in [3.8, 4) is 5.75 Å². The number of carbonyl (C=O) groups excluding carboxylic acids is 2. The van der Waals surface area contributed by atoms with Crippen LogP contribution in [0.15, 0.2) is 78.9 Å². The van der Waals surface area contributed by atoms with E-state index in [1.165, 1.54) is 12.0 Å². The van der Waals surface area contributed by atoms with Crippen molar-refractivity contribution in [1.29, 1.82) is 0 Å². The third kappa shape index (κ3) is 8.22. The maximum absolute atomic E-state index is 14.1. The van der Waals surface area contributed by atoms with Gasteiger partial charge in [-0.15, -0.1) is 0 Å². The lowest BCUT2D eigenvalue weighted by Crippen LogP contribution is -2.54. The Morgan fingerprint density at radius 3 is 2.23 bits per heavy atom. The Morgan fingerprint density at radius 2 is 1.60 bits per heavy atom. The summed E-state index contributed by atoms with van der Waals surface area (Å²) in [5, 5.41) is 3.44. The molecule has 0 aliphatic heterocycles. The second-order valence-corrected chi connectivity index (χ2v) is 11.9. The zero-order valence-electron chi connectivity index (χ0n) is 23.2. The van der Waals surface area contributed by atoms with Crippen LogP contribution < -0.4 is 14.4 Å². The molecular weight excluding hydrogens is 550 g/mol. The third-order valence-electron chi connectivity index (χ3n) is 6.60. The van der Waals surface area contributed by atoms with Gasteiger partial charge in [-0.3, -0.25) is 13.9 Å². The molecule has 2 amide bonds. The average molecular weight is 586 g/mol. The van der Waals surface area contributed by atoms with Crippen molar-refractivity contribution in [3.63, 3.8) is 0 Å². The molecular formula is C30H36ClN3O5S. The van der Waals surface area contributed by atoms with Crippen LogP contribution in [0.2, 0.25) is 5.02 Å². The molecule has 3 rings (SSSR count). The number of methoxy groups -OCH3 is 1. The highest BCUT2D eigenvalue weighted by Crippen LogP contribution is 2.30. The Balaban J connectivity index is 2.09. The van der Waals surface area contributed by atoms with Gasteiger partial charge in [0.15, 0.2) is 0 Å². The number of para-hydroxylation sites is 2. The molecule has 214 valence electrons. The number of benzene rings is 3. The molecule has 0 fully saturated rings. The molecule has 0 aliphatic rings. The lowest BCUT2D eigenvalue weighted by Gasteiger charge is -2.34. The van der Waals surface area contributed by atoms with Crippen LogP contribution in [0.5, 0.6) is 5.75 Å². The fraction of sp³-hybridized carbons (Fsp3) is 0.333. The van der Waals surface area contributed by atoms with Crippen LogP contribution in [0.25, 0.3) is 0 Å². The first-order chi connectivity index (χ1) is 19.0. The standard InChI is InChI=1S/C30H36ClN3O5S/c1-5-22(2)32-30(36)27(19-23-13-7-6-8-14-23)33(20-24-15-9-10-16-25(24)31)29(35)21-34(40(4,37)38)26-17-11-12-18-28(26)39-3/h6-18,22,27H,5,19-21H2,1-4H3,(H,32,36)/t22-,27-/m0/s1. The molecule has 3 aromatic carbocycles. The van der Waals surface area contributed by atoms with E-state index in [1.54, 1.807) is 48.5 Å². The monoisotopic (exact) mass is 585 g/mol. The van der Waals surface area contributed by atoms with Crippen LogP contribution in [0.3, 0.4) is 0 Å². The Kier molecular flexibility index (Phi) is 11.0. The lowest BCUT2D eigenvalue weighted by molar-refractivity contribution is -0.140. The zero-order chi connectivity index (χ0) is 29.3. The van der Waals surface area contributed by atoms with Gasteiger partial charge in [-0.25, -0.2) is 8.42 Å². The number of sulfonamides is 1. The fourth-order valence-electron chi connectivity index (χ4n) is 4.24. The van der Waals surface area contributed by atoms with E-state index in [1.807, 2.05) is 44.2 Å². The number of halogens is 1. The summed E-state index contributed by atoms with van der Waals surface area (Å²) in [4.78, 5) is 29.3. The summed E-state index contributed by atoms with van der Waals surface area (Å²) in [6.45, 7) is 3.32. The van der Waals surface area contributed by atoms with E-state index in [4.69, 9.17) is 16.3 Å². The van der Waals surface area contributed by atoms with Gasteiger partial charge in [-0.1, -0.05) is 79.2 Å². The highest BCUT2D eigenvalue weighted by atomic mass is 35.5. The molecule has 2 atom stereocenters. The normalized spacial score (nSPS) is 12.7. The van der Waals surface area contributed by atoms with Crippen LogP contribution in [0.4, 0.5) is 5.69 Å². The topological polar surface area (TPSA) is 96.0 Å². The molecule has 10 heteroatoms. The molecule has 0 heterocycles. The molecule has 0 aromatic heterocycles. The van der Waals surface area contributed by atoms with E-state index in [0.717, 1.165) is 16.1 Å². The molecule has 0 aliphatic carbocycles. The summed E-state index contributed by atoms with van der Waals surface area (Å²) in [6, 6.07) is 22.0. The Labute approximate surface area is 241 Å². The van der Waals surface area contributed by atoms with Gasteiger partial charge in [0.2, 0.25) is 21.8 Å². The lowest BCUT2D eigenvalue weighted by atomic mass is 10.0. The van der Waals surface area contributed by atoms with Crippen LogP contribution >= 0.6 is 11.6 Å². The maximum atomic E-state index is 14.1. The Bertz CT molecular complexity index is 1400. The smallest absolute Gasteiger partial charge is 0.244 e. The van der Waals surface area contributed by atoms with Gasteiger partial charge in [0.05, 0.1) is 19.1 Å². The van der Waals surface area contributed by atoms with E-state index in [-0.39, 0.29) is 30.6 Å². The molecule has 0 saturated heterocycles. The molecule has 0 radical (unpaired) electrons. The number of carbonyl (C=O) groups is 2.